The van der Waals surface area contributed by atoms with Gasteiger partial charge in [-0.1, -0.05) is 45.0 Å². The number of anilines is 1. The van der Waals surface area contributed by atoms with Gasteiger partial charge in [-0.2, -0.15) is 0 Å². The Morgan fingerprint density at radius 2 is 1.86 bits per heavy atom. The Hall–Kier alpha value is -1.96. The Labute approximate surface area is 176 Å². The number of aromatic nitrogens is 1. The van der Waals surface area contributed by atoms with Crippen LogP contribution >= 0.6 is 23.7 Å². The molecule has 0 aliphatic heterocycles. The quantitative estimate of drug-likeness (QED) is 0.591. The Kier molecular flexibility index (Phi) is 9.07. The van der Waals surface area contributed by atoms with E-state index in [2.05, 4.69) is 27.8 Å². The number of rotatable bonds is 7. The third-order valence-electron chi connectivity index (χ3n) is 4.22. The van der Waals surface area contributed by atoms with Gasteiger partial charge in [-0.15, -0.1) is 23.7 Å². The lowest BCUT2D eigenvalue weighted by Gasteiger charge is -2.25. The number of carbonyl (C=O) groups excluding carboxylic acids is 2. The van der Waals surface area contributed by atoms with E-state index in [0.29, 0.717) is 11.7 Å². The van der Waals surface area contributed by atoms with Crippen LogP contribution in [0.1, 0.15) is 39.7 Å². The molecule has 0 aliphatic rings. The summed E-state index contributed by atoms with van der Waals surface area (Å²) in [6.45, 7) is 8.01. The normalized spacial score (nSPS) is 12.0. The zero-order valence-electron chi connectivity index (χ0n) is 16.7. The molecule has 0 bridgehead atoms. The van der Waals surface area contributed by atoms with Crippen LogP contribution < -0.4 is 16.4 Å². The van der Waals surface area contributed by atoms with Gasteiger partial charge in [0.2, 0.25) is 11.8 Å². The van der Waals surface area contributed by atoms with Gasteiger partial charge in [-0.25, -0.2) is 4.98 Å². The second-order valence-corrected chi connectivity index (χ2v) is 8.51. The predicted molar refractivity (Wildman–Crippen MR) is 118 cm³/mol. The molecule has 1 aromatic carbocycles. The summed E-state index contributed by atoms with van der Waals surface area (Å²) in [6, 6.07) is 7.58. The van der Waals surface area contributed by atoms with E-state index in [1.807, 2.05) is 38.3 Å². The first-order valence-electron chi connectivity index (χ1n) is 9.02. The van der Waals surface area contributed by atoms with Gasteiger partial charge in [-0.3, -0.25) is 9.59 Å². The number of hydrogen-bond acceptors (Lipinski definition) is 5. The van der Waals surface area contributed by atoms with E-state index in [1.54, 1.807) is 0 Å². The summed E-state index contributed by atoms with van der Waals surface area (Å²) in [5.74, 6) is -0.224. The zero-order valence-corrected chi connectivity index (χ0v) is 18.4. The number of thiazole rings is 1. The van der Waals surface area contributed by atoms with Crippen molar-refractivity contribution in [3.63, 3.8) is 0 Å². The van der Waals surface area contributed by atoms with Gasteiger partial charge in [0.1, 0.15) is 0 Å². The maximum absolute atomic E-state index is 12.2. The lowest BCUT2D eigenvalue weighted by Crippen LogP contribution is -2.45. The molecule has 1 aromatic heterocycles. The summed E-state index contributed by atoms with van der Waals surface area (Å²) >= 11 is 1.39. The molecule has 0 fully saturated rings. The van der Waals surface area contributed by atoms with Crippen LogP contribution in [0.3, 0.4) is 0 Å². The molecule has 0 radical (unpaired) electrons. The number of carbonyl (C=O) groups is 2. The maximum atomic E-state index is 12.2. The molecule has 2 rings (SSSR count). The van der Waals surface area contributed by atoms with Crippen molar-refractivity contribution in [1.82, 2.24) is 10.3 Å². The first-order chi connectivity index (χ1) is 12.7. The van der Waals surface area contributed by atoms with Crippen LogP contribution in [0.4, 0.5) is 5.13 Å². The third-order valence-corrected chi connectivity index (χ3v) is 4.97. The first-order valence-corrected chi connectivity index (χ1v) is 9.90. The first kappa shape index (κ1) is 24.1. The molecule has 2 amide bonds. The number of nitrogens with two attached hydrogens (primary N) is 1. The van der Waals surface area contributed by atoms with Crippen molar-refractivity contribution < 1.29 is 9.59 Å². The van der Waals surface area contributed by atoms with Crippen LogP contribution in [0, 0.1) is 5.41 Å². The number of nitrogens with one attached hydrogen (secondary N) is 2. The molecule has 0 saturated heterocycles. The average Bonchev–Trinajstić information content (AvgIpc) is 3.06. The van der Waals surface area contributed by atoms with Crippen molar-refractivity contribution >= 4 is 40.7 Å². The van der Waals surface area contributed by atoms with Crippen LogP contribution in [0.5, 0.6) is 0 Å². The Bertz CT molecular complexity index is 784. The van der Waals surface area contributed by atoms with Gasteiger partial charge in [0.05, 0.1) is 11.7 Å². The molecule has 2 aromatic rings. The molecule has 4 N–H and O–H groups in total. The van der Waals surface area contributed by atoms with Crippen LogP contribution in [-0.2, 0) is 16.0 Å². The van der Waals surface area contributed by atoms with E-state index in [0.717, 1.165) is 24.1 Å². The summed E-state index contributed by atoms with van der Waals surface area (Å²) in [6.07, 6.45) is 1.81. The maximum Gasteiger partial charge on any atom is 0.243 e. The van der Waals surface area contributed by atoms with Crippen molar-refractivity contribution in [2.24, 2.45) is 11.1 Å². The van der Waals surface area contributed by atoms with Crippen LogP contribution in [0.15, 0.2) is 29.6 Å². The van der Waals surface area contributed by atoms with Crippen LogP contribution in [-0.4, -0.2) is 29.4 Å². The number of nitrogens with zero attached hydrogens (tertiary/aromatic N) is 1. The number of amides is 2. The third kappa shape index (κ3) is 7.22. The summed E-state index contributed by atoms with van der Waals surface area (Å²) in [5, 5.41) is 8.07. The summed E-state index contributed by atoms with van der Waals surface area (Å²) in [4.78, 5) is 27.6. The smallest absolute Gasteiger partial charge is 0.243 e. The van der Waals surface area contributed by atoms with Crippen LogP contribution in [0.2, 0.25) is 0 Å². The van der Waals surface area contributed by atoms with Gasteiger partial charge in [0.25, 0.3) is 0 Å². The topological polar surface area (TPSA) is 97.1 Å². The van der Waals surface area contributed by atoms with E-state index in [9.17, 15) is 9.59 Å². The lowest BCUT2D eigenvalue weighted by atomic mass is 9.87. The monoisotopic (exact) mass is 424 g/mol. The van der Waals surface area contributed by atoms with E-state index in [-0.39, 0.29) is 29.6 Å². The highest BCUT2D eigenvalue weighted by Gasteiger charge is 2.28. The van der Waals surface area contributed by atoms with E-state index in [1.165, 1.54) is 23.8 Å². The van der Waals surface area contributed by atoms with Crippen molar-refractivity contribution in [2.45, 2.75) is 46.6 Å². The van der Waals surface area contributed by atoms with Gasteiger partial charge in [-0.05, 0) is 23.8 Å². The summed E-state index contributed by atoms with van der Waals surface area (Å²) in [7, 11) is 0. The Morgan fingerprint density at radius 3 is 2.43 bits per heavy atom. The molecule has 6 nitrogen and oxygen atoms in total. The molecule has 0 aliphatic carbocycles. The molecule has 28 heavy (non-hydrogen) atoms. The molecule has 8 heteroatoms. The fourth-order valence-electron chi connectivity index (χ4n) is 2.44. The van der Waals surface area contributed by atoms with Crippen molar-refractivity contribution in [1.29, 1.82) is 0 Å². The van der Waals surface area contributed by atoms with Crippen molar-refractivity contribution in [3.05, 3.63) is 35.2 Å². The molecule has 154 valence electrons. The predicted octanol–water partition coefficient (Wildman–Crippen LogP) is 3.61. The SMILES string of the molecule is CC(=O)NCCCc1ccc(-c2csc(NC(=O)[C@@H](N)C(C)(C)C)n2)cc1.Cl. The molecule has 1 heterocycles. The molecular weight excluding hydrogens is 396 g/mol. The minimum absolute atomic E-state index is 0. The number of aryl methyl sites for hydroxylation is 1. The van der Waals surface area contributed by atoms with E-state index < -0.39 is 6.04 Å². The highest BCUT2D eigenvalue weighted by Crippen LogP contribution is 2.26. The summed E-state index contributed by atoms with van der Waals surface area (Å²) < 4.78 is 0. The number of halogens is 1. The summed E-state index contributed by atoms with van der Waals surface area (Å²) in [5.41, 5.74) is 8.71. The van der Waals surface area contributed by atoms with Crippen molar-refractivity contribution in [2.75, 3.05) is 11.9 Å². The van der Waals surface area contributed by atoms with Gasteiger partial charge < -0.3 is 16.4 Å². The molecule has 0 saturated carbocycles. The van der Waals surface area contributed by atoms with Gasteiger partial charge in [0.15, 0.2) is 5.13 Å². The minimum atomic E-state index is -0.596. The standard InChI is InChI=1S/C20H28N4O2S.ClH/c1-13(25)22-11-5-6-14-7-9-15(10-8-14)16-12-27-19(23-16)24-18(26)17(21)20(2,3)4;/h7-10,12,17H,5-6,11,21H2,1-4H3,(H,22,25)(H,23,24,26);1H/t17-;/m1./s1. The number of hydrogen-bond donors (Lipinski definition) is 3. The van der Waals surface area contributed by atoms with E-state index >= 15 is 0 Å². The molecule has 0 spiro atoms. The fourth-order valence-corrected chi connectivity index (χ4v) is 3.16. The highest BCUT2D eigenvalue weighted by molar-refractivity contribution is 7.14. The minimum Gasteiger partial charge on any atom is -0.356 e. The largest absolute Gasteiger partial charge is 0.356 e. The Morgan fingerprint density at radius 1 is 1.21 bits per heavy atom. The second-order valence-electron chi connectivity index (χ2n) is 7.65. The zero-order chi connectivity index (χ0) is 20.0. The highest BCUT2D eigenvalue weighted by atomic mass is 35.5. The molecular formula is C20H29ClN4O2S. The number of benzene rings is 1. The van der Waals surface area contributed by atoms with Gasteiger partial charge >= 0.3 is 0 Å². The fraction of sp³-hybridized carbons (Fsp3) is 0.450. The van der Waals surface area contributed by atoms with Gasteiger partial charge in [0, 0.05) is 24.4 Å². The van der Waals surface area contributed by atoms with Crippen LogP contribution in [0.25, 0.3) is 11.3 Å². The van der Waals surface area contributed by atoms with Crippen molar-refractivity contribution in [3.8, 4) is 11.3 Å². The second kappa shape index (κ2) is 10.5. The lowest BCUT2D eigenvalue weighted by molar-refractivity contribution is -0.120. The van der Waals surface area contributed by atoms with E-state index in [4.69, 9.17) is 5.73 Å². The Balaban J connectivity index is 0.00000392. The molecule has 0 unspecified atom stereocenters. The molecule has 1 atom stereocenters. The average molecular weight is 425 g/mol.